The van der Waals surface area contributed by atoms with Crippen LogP contribution in [0.5, 0.6) is 5.75 Å². The van der Waals surface area contributed by atoms with Gasteiger partial charge in [-0.2, -0.15) is 0 Å². The molecule has 0 aliphatic carbocycles. The van der Waals surface area contributed by atoms with E-state index in [0.29, 0.717) is 22.5 Å². The van der Waals surface area contributed by atoms with Gasteiger partial charge >= 0.3 is 19.2 Å². The van der Waals surface area contributed by atoms with Crippen LogP contribution in [0.1, 0.15) is 32.4 Å². The molecule has 0 fully saturated rings. The highest BCUT2D eigenvalue weighted by Crippen LogP contribution is 2.45. The number of terminal acetylenes is 1. The Hall–Kier alpha value is -2.95. The Morgan fingerprint density at radius 1 is 1.26 bits per heavy atom. The number of rotatable bonds is 8. The number of esters is 1. The molecule has 2 aromatic heterocycles. The quantitative estimate of drug-likeness (QED) is 0.240. The number of hydrogen-bond acceptors (Lipinski definition) is 7. The normalized spacial score (nSPS) is 14.2. The molecule has 0 bridgehead atoms. The summed E-state index contributed by atoms with van der Waals surface area (Å²) < 4.78 is 36.9. The molecule has 0 aliphatic heterocycles. The van der Waals surface area contributed by atoms with Gasteiger partial charge in [0.15, 0.2) is 5.75 Å². The third-order valence-electron chi connectivity index (χ3n) is 5.26. The summed E-state index contributed by atoms with van der Waals surface area (Å²) >= 11 is 1.50. The molecule has 3 rings (SSSR count). The van der Waals surface area contributed by atoms with Gasteiger partial charge in [0, 0.05) is 5.56 Å². The lowest BCUT2D eigenvalue weighted by molar-refractivity contribution is -0.138. The van der Waals surface area contributed by atoms with Crippen LogP contribution < -0.4 is 4.74 Å². The van der Waals surface area contributed by atoms with Crippen LogP contribution in [0.15, 0.2) is 47.8 Å². The first-order valence-corrected chi connectivity index (χ1v) is 12.5. The van der Waals surface area contributed by atoms with E-state index in [1.807, 2.05) is 31.4 Å². The largest absolute Gasteiger partial charge is 0.542 e. The molecule has 9 heteroatoms. The second-order valence-electron chi connectivity index (χ2n) is 7.82. The van der Waals surface area contributed by atoms with Gasteiger partial charge in [-0.25, -0.2) is 14.2 Å². The summed E-state index contributed by atoms with van der Waals surface area (Å²) in [5.74, 6) is 0.505. The highest BCUT2D eigenvalue weighted by molar-refractivity contribution is 7.43. The minimum Gasteiger partial charge on any atom is -0.419 e. The molecule has 0 amide bonds. The predicted molar refractivity (Wildman–Crippen MR) is 131 cm³/mol. The molecule has 2 heterocycles. The molecule has 3 aromatic rings. The van der Waals surface area contributed by atoms with Crippen molar-refractivity contribution in [2.24, 2.45) is 0 Å². The summed E-state index contributed by atoms with van der Waals surface area (Å²) in [5.41, 5.74) is 2.15. The van der Waals surface area contributed by atoms with Gasteiger partial charge in [-0.1, -0.05) is 32.0 Å². The highest BCUT2D eigenvalue weighted by Gasteiger charge is 2.63. The minimum absolute atomic E-state index is 0.0895. The number of thiophene rings is 1. The zero-order chi connectivity index (χ0) is 25.0. The average molecular weight is 501 g/mol. The van der Waals surface area contributed by atoms with Crippen LogP contribution >= 0.6 is 19.4 Å². The van der Waals surface area contributed by atoms with Gasteiger partial charge in [0.25, 0.3) is 0 Å². The van der Waals surface area contributed by atoms with Gasteiger partial charge in [0.05, 0.1) is 23.4 Å². The first-order chi connectivity index (χ1) is 16.1. The van der Waals surface area contributed by atoms with Crippen LogP contribution in [0.25, 0.3) is 21.7 Å². The van der Waals surface area contributed by atoms with Crippen molar-refractivity contribution in [1.29, 1.82) is 0 Å². The SMILES string of the molecule is C#CC(C(=O)Oc1c(-c2ccc(F)cc2)cc(-c2cccs2)nc1C(C)C)(C(C)O)[P+](=O)OC. The molecule has 0 saturated heterocycles. The number of hydrogen-bond donors (Lipinski definition) is 1. The number of carbonyl (C=O) groups is 1. The maximum atomic E-state index is 13.6. The number of pyridine rings is 1. The van der Waals surface area contributed by atoms with Crippen molar-refractivity contribution >= 4 is 25.3 Å². The molecule has 0 radical (unpaired) electrons. The van der Waals surface area contributed by atoms with Crippen molar-refractivity contribution in [3.8, 4) is 39.8 Å². The van der Waals surface area contributed by atoms with Crippen LogP contribution in [-0.4, -0.2) is 34.4 Å². The van der Waals surface area contributed by atoms with E-state index in [-0.39, 0.29) is 11.7 Å². The number of benzene rings is 1. The van der Waals surface area contributed by atoms with Gasteiger partial charge in [-0.05, 0) is 58.5 Å². The number of aliphatic hydroxyl groups excluding tert-OH is 1. The van der Waals surface area contributed by atoms with Gasteiger partial charge < -0.3 is 9.84 Å². The van der Waals surface area contributed by atoms with E-state index in [9.17, 15) is 18.9 Å². The number of carbonyl (C=O) groups excluding carboxylic acids is 1. The van der Waals surface area contributed by atoms with Crippen LogP contribution in [0.2, 0.25) is 0 Å². The van der Waals surface area contributed by atoms with E-state index >= 15 is 0 Å². The topological polar surface area (TPSA) is 85.7 Å². The molecule has 3 atom stereocenters. The van der Waals surface area contributed by atoms with Crippen molar-refractivity contribution < 1.29 is 28.1 Å². The minimum atomic E-state index is -2.81. The fraction of sp³-hybridized carbons (Fsp3) is 0.280. The molecule has 3 unspecified atom stereocenters. The number of aliphatic hydroxyl groups is 1. The lowest BCUT2D eigenvalue weighted by Gasteiger charge is -2.22. The van der Waals surface area contributed by atoms with Gasteiger partial charge in [0.1, 0.15) is 11.9 Å². The van der Waals surface area contributed by atoms with E-state index in [2.05, 4.69) is 5.92 Å². The molecule has 6 nitrogen and oxygen atoms in total. The van der Waals surface area contributed by atoms with Crippen molar-refractivity contribution in [2.75, 3.05) is 7.11 Å². The van der Waals surface area contributed by atoms with Crippen LogP contribution in [0.3, 0.4) is 0 Å². The fourth-order valence-corrected chi connectivity index (χ4v) is 4.97. The van der Waals surface area contributed by atoms with E-state index in [1.165, 1.54) is 30.4 Å². The summed E-state index contributed by atoms with van der Waals surface area (Å²) in [6.45, 7) is 5.01. The van der Waals surface area contributed by atoms with E-state index in [4.69, 9.17) is 20.7 Å². The number of halogens is 1. The molecule has 0 spiro atoms. The second-order valence-corrected chi connectivity index (χ2v) is 10.4. The Kier molecular flexibility index (Phi) is 7.96. The van der Waals surface area contributed by atoms with E-state index in [1.54, 1.807) is 18.2 Å². The lowest BCUT2D eigenvalue weighted by atomic mass is 9.98. The number of aromatic nitrogens is 1. The van der Waals surface area contributed by atoms with Gasteiger partial charge in [0.2, 0.25) is 0 Å². The fourth-order valence-electron chi connectivity index (χ4n) is 3.39. The summed E-state index contributed by atoms with van der Waals surface area (Å²) in [6, 6.07) is 11.3. The molecule has 1 N–H and O–H groups in total. The summed E-state index contributed by atoms with van der Waals surface area (Å²) in [5, 5.41) is 10.0. The standard InChI is InChI=1S/C25H24FNO5PS/c1-6-25(16(4)28,33(30)31-5)24(29)32-23-19(17-9-11-18(26)12-10-17)14-20(21-8-7-13-34-21)27-22(23)15(2)3/h1,7-16,28H,2-5H3/q+1. The Morgan fingerprint density at radius 2 is 1.94 bits per heavy atom. The molecule has 0 saturated carbocycles. The summed E-state index contributed by atoms with van der Waals surface area (Å²) in [6.07, 6.45) is 4.04. The second kappa shape index (κ2) is 10.5. The first kappa shape index (κ1) is 25.7. The molecule has 0 aliphatic rings. The van der Waals surface area contributed by atoms with Crippen molar-refractivity contribution in [1.82, 2.24) is 4.98 Å². The van der Waals surface area contributed by atoms with Crippen LogP contribution in [0, 0.1) is 18.2 Å². The third kappa shape index (κ3) is 4.79. The van der Waals surface area contributed by atoms with E-state index in [0.717, 1.165) is 12.0 Å². The molecule has 1 aromatic carbocycles. The molecule has 34 heavy (non-hydrogen) atoms. The zero-order valence-corrected chi connectivity index (χ0v) is 20.8. The monoisotopic (exact) mass is 500 g/mol. The molecule has 176 valence electrons. The zero-order valence-electron chi connectivity index (χ0n) is 19.1. The van der Waals surface area contributed by atoms with Crippen LogP contribution in [-0.2, 0) is 13.9 Å². The Morgan fingerprint density at radius 3 is 2.44 bits per heavy atom. The number of nitrogens with zero attached hydrogens (tertiary/aromatic N) is 1. The third-order valence-corrected chi connectivity index (χ3v) is 7.74. The Bertz CT molecular complexity index is 1240. The Labute approximate surface area is 202 Å². The van der Waals surface area contributed by atoms with Gasteiger partial charge in [-0.3, -0.25) is 0 Å². The summed E-state index contributed by atoms with van der Waals surface area (Å²) in [7, 11) is -1.68. The molecular formula is C25H24FNO5PS+. The van der Waals surface area contributed by atoms with E-state index < -0.39 is 31.1 Å². The van der Waals surface area contributed by atoms with Gasteiger partial charge in [-0.15, -0.1) is 22.3 Å². The lowest BCUT2D eigenvalue weighted by Crippen LogP contribution is -2.46. The van der Waals surface area contributed by atoms with Crippen LogP contribution in [0.4, 0.5) is 4.39 Å². The smallest absolute Gasteiger partial charge is 0.419 e. The van der Waals surface area contributed by atoms with Crippen molar-refractivity contribution in [3.05, 3.63) is 59.4 Å². The maximum absolute atomic E-state index is 13.6. The summed E-state index contributed by atoms with van der Waals surface area (Å²) in [4.78, 5) is 19.0. The highest BCUT2D eigenvalue weighted by atomic mass is 32.1. The van der Waals surface area contributed by atoms with Crippen molar-refractivity contribution in [3.63, 3.8) is 0 Å². The van der Waals surface area contributed by atoms with Crippen molar-refractivity contribution in [2.45, 2.75) is 37.9 Å². The molecular weight excluding hydrogens is 476 g/mol. The first-order valence-electron chi connectivity index (χ1n) is 10.4. The average Bonchev–Trinajstić information content (AvgIpc) is 3.35. The maximum Gasteiger partial charge on any atom is 0.542 e. The number of ether oxygens (including phenoxy) is 1. The predicted octanol–water partition coefficient (Wildman–Crippen LogP) is 5.79. The Balaban J connectivity index is 2.26.